The van der Waals surface area contributed by atoms with Crippen molar-refractivity contribution in [2.24, 2.45) is 0 Å². The average molecular weight is 365 g/mol. The number of benzene rings is 2. The number of esters is 1. The van der Waals surface area contributed by atoms with E-state index in [1.54, 1.807) is 6.20 Å². The number of ether oxygens (including phenoxy) is 1. The first-order valence-corrected chi connectivity index (χ1v) is 9.63. The van der Waals surface area contributed by atoms with Gasteiger partial charge in [0.2, 0.25) is 0 Å². The third-order valence-electron chi connectivity index (χ3n) is 4.88. The molecule has 0 fully saturated rings. The Labute approximate surface area is 160 Å². The van der Waals surface area contributed by atoms with Crippen LogP contribution in [0.15, 0.2) is 42.6 Å². The van der Waals surface area contributed by atoms with Gasteiger partial charge < -0.3 is 15.0 Å². The standard InChI is InChI=1S/C22H27N3O2/c1-4-25(5-2)14-13-23-21-18-12-11-16-9-7-8-10-17(16)20(18)24-15-19(21)22(26)27-6-3/h7-12,15H,4-6,13-14H2,1-3H3,(H,23,24). The highest BCUT2D eigenvalue weighted by molar-refractivity contribution is 6.13. The molecule has 1 aromatic heterocycles. The molecule has 0 atom stereocenters. The van der Waals surface area contributed by atoms with Crippen molar-refractivity contribution in [2.45, 2.75) is 20.8 Å². The van der Waals surface area contributed by atoms with Crippen molar-refractivity contribution < 1.29 is 9.53 Å². The minimum atomic E-state index is -0.342. The molecule has 5 nitrogen and oxygen atoms in total. The number of carbonyl (C=O) groups is 1. The van der Waals surface area contributed by atoms with Crippen LogP contribution in [0.25, 0.3) is 21.7 Å². The second kappa shape index (κ2) is 8.82. The van der Waals surface area contributed by atoms with Crippen LogP contribution in [0.3, 0.4) is 0 Å². The van der Waals surface area contributed by atoms with Crippen molar-refractivity contribution in [2.75, 3.05) is 38.1 Å². The summed E-state index contributed by atoms with van der Waals surface area (Å²) in [6, 6.07) is 12.3. The second-order valence-electron chi connectivity index (χ2n) is 6.40. The molecule has 0 saturated carbocycles. The number of anilines is 1. The van der Waals surface area contributed by atoms with Crippen molar-refractivity contribution in [3.05, 3.63) is 48.2 Å². The number of carbonyl (C=O) groups excluding carboxylic acids is 1. The van der Waals surface area contributed by atoms with Gasteiger partial charge in [0.15, 0.2) is 0 Å². The van der Waals surface area contributed by atoms with Crippen LogP contribution in [0.1, 0.15) is 31.1 Å². The van der Waals surface area contributed by atoms with Crippen molar-refractivity contribution in [3.63, 3.8) is 0 Å². The smallest absolute Gasteiger partial charge is 0.341 e. The Hall–Kier alpha value is -2.66. The Bertz CT molecular complexity index is 935. The molecule has 0 bridgehead atoms. The molecule has 0 radical (unpaired) electrons. The number of nitrogens with zero attached hydrogens (tertiary/aromatic N) is 2. The molecule has 0 aliphatic carbocycles. The van der Waals surface area contributed by atoms with Crippen molar-refractivity contribution in [1.82, 2.24) is 9.88 Å². The van der Waals surface area contributed by atoms with Gasteiger partial charge in [0.05, 0.1) is 17.8 Å². The minimum Gasteiger partial charge on any atom is -0.462 e. The van der Waals surface area contributed by atoms with Crippen molar-refractivity contribution >= 4 is 33.3 Å². The molecule has 27 heavy (non-hydrogen) atoms. The van der Waals surface area contributed by atoms with E-state index in [1.165, 1.54) is 0 Å². The lowest BCUT2D eigenvalue weighted by Crippen LogP contribution is -2.29. The maximum Gasteiger partial charge on any atom is 0.341 e. The molecule has 0 saturated heterocycles. The number of rotatable bonds is 8. The predicted octanol–water partition coefficient (Wildman–Crippen LogP) is 4.32. The van der Waals surface area contributed by atoms with E-state index in [2.05, 4.69) is 47.2 Å². The normalized spacial score (nSPS) is 11.3. The topological polar surface area (TPSA) is 54.5 Å². The van der Waals surface area contributed by atoms with Gasteiger partial charge in [-0.25, -0.2) is 4.79 Å². The Balaban J connectivity index is 2.05. The summed E-state index contributed by atoms with van der Waals surface area (Å²) in [6.45, 7) is 10.1. The van der Waals surface area contributed by atoms with E-state index in [4.69, 9.17) is 4.74 Å². The van der Waals surface area contributed by atoms with Crippen LogP contribution in [0.2, 0.25) is 0 Å². The monoisotopic (exact) mass is 365 g/mol. The molecular formula is C22H27N3O2. The Morgan fingerprint density at radius 3 is 2.59 bits per heavy atom. The van der Waals surface area contributed by atoms with E-state index in [9.17, 15) is 4.79 Å². The fraction of sp³-hybridized carbons (Fsp3) is 0.364. The summed E-state index contributed by atoms with van der Waals surface area (Å²) >= 11 is 0. The van der Waals surface area contributed by atoms with Gasteiger partial charge >= 0.3 is 5.97 Å². The highest BCUT2D eigenvalue weighted by atomic mass is 16.5. The SMILES string of the molecule is CCOC(=O)c1cnc2c(ccc3ccccc32)c1NCCN(CC)CC. The van der Waals surface area contributed by atoms with E-state index >= 15 is 0 Å². The molecule has 0 amide bonds. The summed E-state index contributed by atoms with van der Waals surface area (Å²) in [4.78, 5) is 19.4. The van der Waals surface area contributed by atoms with Gasteiger partial charge in [-0.1, -0.05) is 50.2 Å². The Kier molecular flexibility index (Phi) is 6.24. The van der Waals surface area contributed by atoms with Gasteiger partial charge in [-0.3, -0.25) is 4.98 Å². The Morgan fingerprint density at radius 2 is 1.85 bits per heavy atom. The van der Waals surface area contributed by atoms with Gasteiger partial charge in [0.1, 0.15) is 5.56 Å². The maximum absolute atomic E-state index is 12.5. The van der Waals surface area contributed by atoms with Crippen LogP contribution in [0.4, 0.5) is 5.69 Å². The predicted molar refractivity (Wildman–Crippen MR) is 111 cm³/mol. The first kappa shape index (κ1) is 19.1. The molecule has 3 rings (SSSR count). The van der Waals surface area contributed by atoms with Crippen LogP contribution < -0.4 is 5.32 Å². The van der Waals surface area contributed by atoms with Gasteiger partial charge in [-0.05, 0) is 25.4 Å². The number of pyridine rings is 1. The molecule has 0 unspecified atom stereocenters. The zero-order valence-electron chi connectivity index (χ0n) is 16.3. The highest BCUT2D eigenvalue weighted by Gasteiger charge is 2.17. The molecule has 0 spiro atoms. The first-order chi connectivity index (χ1) is 13.2. The third kappa shape index (κ3) is 4.03. The van der Waals surface area contributed by atoms with Gasteiger partial charge in [-0.15, -0.1) is 0 Å². The third-order valence-corrected chi connectivity index (χ3v) is 4.88. The minimum absolute atomic E-state index is 0.341. The highest BCUT2D eigenvalue weighted by Crippen LogP contribution is 2.31. The molecule has 5 heteroatoms. The molecule has 1 N–H and O–H groups in total. The Morgan fingerprint density at radius 1 is 1.07 bits per heavy atom. The summed E-state index contributed by atoms with van der Waals surface area (Å²) in [7, 11) is 0. The van der Waals surface area contributed by atoms with Crippen LogP contribution >= 0.6 is 0 Å². The second-order valence-corrected chi connectivity index (χ2v) is 6.40. The fourth-order valence-electron chi connectivity index (χ4n) is 3.37. The molecular weight excluding hydrogens is 338 g/mol. The zero-order chi connectivity index (χ0) is 19.2. The maximum atomic E-state index is 12.5. The summed E-state index contributed by atoms with van der Waals surface area (Å²) in [6.07, 6.45) is 1.63. The van der Waals surface area contributed by atoms with Crippen molar-refractivity contribution in [1.29, 1.82) is 0 Å². The van der Waals surface area contributed by atoms with E-state index in [-0.39, 0.29) is 5.97 Å². The molecule has 142 valence electrons. The molecule has 0 aliphatic heterocycles. The molecule has 0 aliphatic rings. The lowest BCUT2D eigenvalue weighted by Gasteiger charge is -2.20. The van der Waals surface area contributed by atoms with Crippen LogP contribution in [0.5, 0.6) is 0 Å². The zero-order valence-corrected chi connectivity index (χ0v) is 16.3. The number of hydrogen-bond donors (Lipinski definition) is 1. The van der Waals surface area contributed by atoms with Gasteiger partial charge in [-0.2, -0.15) is 0 Å². The van der Waals surface area contributed by atoms with Gasteiger partial charge in [0, 0.05) is 30.1 Å². The lowest BCUT2D eigenvalue weighted by molar-refractivity contribution is 0.0527. The summed E-state index contributed by atoms with van der Waals surface area (Å²) < 4.78 is 5.25. The van der Waals surface area contributed by atoms with Gasteiger partial charge in [0.25, 0.3) is 0 Å². The fourth-order valence-corrected chi connectivity index (χ4v) is 3.37. The summed E-state index contributed by atoms with van der Waals surface area (Å²) in [5.41, 5.74) is 2.18. The molecule has 3 aromatic rings. The quantitative estimate of drug-likeness (QED) is 0.476. The summed E-state index contributed by atoms with van der Waals surface area (Å²) in [5, 5.41) is 6.64. The summed E-state index contributed by atoms with van der Waals surface area (Å²) in [5.74, 6) is -0.342. The van der Waals surface area contributed by atoms with E-state index < -0.39 is 0 Å². The number of fused-ring (bicyclic) bond motifs is 3. The largest absolute Gasteiger partial charge is 0.462 e. The molecule has 1 heterocycles. The number of nitrogens with one attached hydrogen (secondary N) is 1. The van der Waals surface area contributed by atoms with E-state index in [1.807, 2.05) is 25.1 Å². The number of aromatic nitrogens is 1. The average Bonchev–Trinajstić information content (AvgIpc) is 2.71. The van der Waals surface area contributed by atoms with E-state index in [0.29, 0.717) is 12.2 Å². The van der Waals surface area contributed by atoms with Crippen LogP contribution in [-0.2, 0) is 4.74 Å². The van der Waals surface area contributed by atoms with E-state index in [0.717, 1.165) is 53.5 Å². The lowest BCUT2D eigenvalue weighted by atomic mass is 10.0. The van der Waals surface area contributed by atoms with Crippen LogP contribution in [-0.4, -0.2) is 48.6 Å². The molecule has 2 aromatic carbocycles. The number of likely N-dealkylation sites (N-methyl/N-ethyl adjacent to an activating group) is 1. The van der Waals surface area contributed by atoms with Crippen LogP contribution in [0, 0.1) is 0 Å². The first-order valence-electron chi connectivity index (χ1n) is 9.63. The number of hydrogen-bond acceptors (Lipinski definition) is 5. The van der Waals surface area contributed by atoms with Crippen molar-refractivity contribution in [3.8, 4) is 0 Å².